The summed E-state index contributed by atoms with van der Waals surface area (Å²) in [5.41, 5.74) is 2.31. The van der Waals surface area contributed by atoms with E-state index in [0.717, 1.165) is 33.3 Å². The van der Waals surface area contributed by atoms with Gasteiger partial charge >= 0.3 is 6.18 Å². The lowest BCUT2D eigenvalue weighted by atomic mass is 10.2. The van der Waals surface area contributed by atoms with Crippen LogP contribution in [0.25, 0.3) is 33.5 Å². The van der Waals surface area contributed by atoms with E-state index in [1.165, 1.54) is 6.20 Å². The van der Waals surface area contributed by atoms with Gasteiger partial charge < -0.3 is 9.30 Å². The monoisotopic (exact) mass is 435 g/mol. The number of nitrogens with zero attached hydrogens (tertiary/aromatic N) is 5. The van der Waals surface area contributed by atoms with Gasteiger partial charge in [0.15, 0.2) is 0 Å². The Bertz CT molecular complexity index is 1250. The maximum atomic E-state index is 13.1. The van der Waals surface area contributed by atoms with Crippen LogP contribution in [-0.2, 0) is 19.8 Å². The fourth-order valence-corrected chi connectivity index (χ4v) is 4.34. The van der Waals surface area contributed by atoms with Crippen LogP contribution < -0.4 is 4.74 Å². The molecule has 0 saturated carbocycles. The second kappa shape index (κ2) is 7.50. The molecule has 3 heterocycles. The van der Waals surface area contributed by atoms with E-state index in [2.05, 4.69) is 15.0 Å². The summed E-state index contributed by atoms with van der Waals surface area (Å²) in [6.45, 7) is 4.76. The van der Waals surface area contributed by atoms with Crippen molar-refractivity contribution in [3.8, 4) is 17.4 Å². The summed E-state index contributed by atoms with van der Waals surface area (Å²) in [6, 6.07) is 5.46. The molecule has 0 aliphatic carbocycles. The molecule has 6 nitrogen and oxygen atoms in total. The number of hydrogen-bond acceptors (Lipinski definition) is 5. The van der Waals surface area contributed by atoms with Crippen LogP contribution in [0.1, 0.15) is 19.5 Å². The number of aryl methyl sites for hydroxylation is 2. The van der Waals surface area contributed by atoms with Crippen molar-refractivity contribution in [2.75, 3.05) is 12.9 Å². The van der Waals surface area contributed by atoms with Gasteiger partial charge in [-0.25, -0.2) is 9.97 Å². The zero-order valence-electron chi connectivity index (χ0n) is 16.9. The van der Waals surface area contributed by atoms with Crippen LogP contribution in [-0.4, -0.2) is 36.9 Å². The van der Waals surface area contributed by atoms with Crippen molar-refractivity contribution in [1.29, 1.82) is 0 Å². The number of halogens is 3. The summed E-state index contributed by atoms with van der Waals surface area (Å²) >= 11 is 1.64. The number of alkyl halides is 3. The molecular formula is C20H20F3N5OS. The van der Waals surface area contributed by atoms with E-state index in [4.69, 9.17) is 4.74 Å². The topological polar surface area (TPSA) is 57.8 Å². The summed E-state index contributed by atoms with van der Waals surface area (Å²) in [4.78, 5) is 13.6. The Balaban J connectivity index is 1.96. The first-order valence-electron chi connectivity index (χ1n) is 9.39. The number of methoxy groups -OCH3 is 1. The van der Waals surface area contributed by atoms with Crippen LogP contribution in [0.5, 0.6) is 6.01 Å². The molecule has 0 aliphatic rings. The molecule has 0 spiro atoms. The van der Waals surface area contributed by atoms with Crippen molar-refractivity contribution >= 4 is 33.8 Å². The second-order valence-electron chi connectivity index (χ2n) is 6.66. The van der Waals surface area contributed by atoms with E-state index >= 15 is 0 Å². The number of fused-ring (bicyclic) bond motifs is 2. The van der Waals surface area contributed by atoms with Crippen molar-refractivity contribution < 1.29 is 17.9 Å². The van der Waals surface area contributed by atoms with Crippen LogP contribution in [0.15, 0.2) is 29.3 Å². The quantitative estimate of drug-likeness (QED) is 0.406. The second-order valence-corrected chi connectivity index (χ2v) is 7.97. The van der Waals surface area contributed by atoms with E-state index < -0.39 is 11.9 Å². The summed E-state index contributed by atoms with van der Waals surface area (Å²) in [5.74, 6) is 1.40. The number of imidazole rings is 2. The van der Waals surface area contributed by atoms with Crippen LogP contribution in [0.4, 0.5) is 13.2 Å². The van der Waals surface area contributed by atoms with Crippen LogP contribution in [0.3, 0.4) is 0 Å². The van der Waals surface area contributed by atoms with Crippen molar-refractivity contribution in [2.24, 2.45) is 7.05 Å². The normalized spacial score (nSPS) is 12.2. The molecule has 4 rings (SSSR count). The minimum Gasteiger partial charge on any atom is -0.468 e. The molecule has 158 valence electrons. The number of ether oxygens (including phenoxy) is 1. The summed E-state index contributed by atoms with van der Waals surface area (Å²) < 4.78 is 48.3. The Kier molecular flexibility index (Phi) is 5.13. The van der Waals surface area contributed by atoms with E-state index in [9.17, 15) is 13.2 Å². The van der Waals surface area contributed by atoms with Gasteiger partial charge in [0.25, 0.3) is 6.01 Å². The fourth-order valence-electron chi connectivity index (χ4n) is 3.53. The Morgan fingerprint density at radius 3 is 2.43 bits per heavy atom. The summed E-state index contributed by atoms with van der Waals surface area (Å²) in [7, 11) is 3.35. The van der Waals surface area contributed by atoms with Gasteiger partial charge in [0, 0.05) is 24.1 Å². The first-order valence-corrected chi connectivity index (χ1v) is 10.4. The zero-order valence-corrected chi connectivity index (χ0v) is 17.7. The van der Waals surface area contributed by atoms with Crippen molar-refractivity contribution in [3.05, 3.63) is 30.1 Å². The average molecular weight is 435 g/mol. The third kappa shape index (κ3) is 3.28. The van der Waals surface area contributed by atoms with Gasteiger partial charge in [-0.2, -0.15) is 18.2 Å². The minimum absolute atomic E-state index is 0.249. The fraction of sp³-hybridized carbons (Fsp3) is 0.350. The average Bonchev–Trinajstić information content (AvgIpc) is 3.23. The highest BCUT2D eigenvalue weighted by atomic mass is 32.2. The Hall–Kier alpha value is -2.75. The van der Waals surface area contributed by atoms with Gasteiger partial charge in [-0.15, -0.1) is 11.8 Å². The number of benzene rings is 1. The largest absolute Gasteiger partial charge is 0.468 e. The van der Waals surface area contributed by atoms with Gasteiger partial charge in [0.1, 0.15) is 11.5 Å². The van der Waals surface area contributed by atoms with Crippen LogP contribution in [0, 0.1) is 0 Å². The third-order valence-electron chi connectivity index (χ3n) is 4.91. The van der Waals surface area contributed by atoms with E-state index in [0.29, 0.717) is 23.9 Å². The lowest BCUT2D eigenvalue weighted by Crippen LogP contribution is -2.07. The zero-order chi connectivity index (χ0) is 21.6. The highest BCUT2D eigenvalue weighted by Gasteiger charge is 2.33. The highest BCUT2D eigenvalue weighted by molar-refractivity contribution is 7.99. The molecule has 10 heteroatoms. The molecule has 30 heavy (non-hydrogen) atoms. The van der Waals surface area contributed by atoms with E-state index in [1.54, 1.807) is 30.5 Å². The maximum Gasteiger partial charge on any atom is 0.433 e. The van der Waals surface area contributed by atoms with E-state index in [1.807, 2.05) is 30.5 Å². The molecule has 0 fully saturated rings. The standard InChI is InChI=1S/C20H20F3N5OS/c1-5-28-14-9-16(30-6-2)11(7-12(14)26-19(28)29-4)18-25-13-8-17(20(21,22)23)24-10-15(13)27(18)3/h7-10H,5-6H2,1-4H3. The van der Waals surface area contributed by atoms with E-state index in [-0.39, 0.29) is 5.52 Å². The molecule has 0 N–H and O–H groups in total. The lowest BCUT2D eigenvalue weighted by Gasteiger charge is -2.10. The van der Waals surface area contributed by atoms with Gasteiger partial charge in [0.2, 0.25) is 0 Å². The van der Waals surface area contributed by atoms with Gasteiger partial charge in [-0.3, -0.25) is 4.57 Å². The molecule has 0 aliphatic heterocycles. The molecular weight excluding hydrogens is 415 g/mol. The first kappa shape index (κ1) is 20.5. The predicted molar refractivity (Wildman–Crippen MR) is 111 cm³/mol. The smallest absolute Gasteiger partial charge is 0.433 e. The molecule has 0 bridgehead atoms. The minimum atomic E-state index is -4.52. The van der Waals surface area contributed by atoms with Crippen molar-refractivity contribution in [1.82, 2.24) is 24.1 Å². The third-order valence-corrected chi connectivity index (χ3v) is 5.85. The predicted octanol–water partition coefficient (Wildman–Crippen LogP) is 5.14. The van der Waals surface area contributed by atoms with Crippen LogP contribution in [0.2, 0.25) is 0 Å². The number of hydrogen-bond donors (Lipinski definition) is 0. The number of thioether (sulfide) groups is 1. The molecule has 1 aromatic carbocycles. The first-order chi connectivity index (χ1) is 14.3. The summed E-state index contributed by atoms with van der Waals surface area (Å²) in [5, 5.41) is 0. The van der Waals surface area contributed by atoms with Crippen molar-refractivity contribution in [2.45, 2.75) is 31.5 Å². The lowest BCUT2D eigenvalue weighted by molar-refractivity contribution is -0.141. The Morgan fingerprint density at radius 1 is 1.07 bits per heavy atom. The molecule has 0 atom stereocenters. The molecule has 3 aromatic heterocycles. The van der Waals surface area contributed by atoms with Crippen LogP contribution >= 0.6 is 11.8 Å². The van der Waals surface area contributed by atoms with Gasteiger partial charge in [-0.1, -0.05) is 6.92 Å². The van der Waals surface area contributed by atoms with Gasteiger partial charge in [-0.05, 0) is 30.9 Å². The summed E-state index contributed by atoms with van der Waals surface area (Å²) in [6.07, 6.45) is -3.30. The molecule has 0 unspecified atom stereocenters. The molecule has 0 saturated heterocycles. The molecule has 0 radical (unpaired) electrons. The maximum absolute atomic E-state index is 13.1. The number of aromatic nitrogens is 5. The van der Waals surface area contributed by atoms with Gasteiger partial charge in [0.05, 0.1) is 35.4 Å². The molecule has 0 amide bonds. The number of pyridine rings is 1. The SMILES string of the molecule is CCSc1cc2c(cc1-c1nc3cc(C(F)(F)F)ncc3n1C)nc(OC)n2CC. The number of rotatable bonds is 5. The Morgan fingerprint density at radius 2 is 1.80 bits per heavy atom. The van der Waals surface area contributed by atoms with Crippen molar-refractivity contribution in [3.63, 3.8) is 0 Å². The Labute approximate surface area is 175 Å². The molecule has 4 aromatic rings. The highest BCUT2D eigenvalue weighted by Crippen LogP contribution is 2.37.